The molecular formula is C23H26ClFN4O3. The highest BCUT2D eigenvalue weighted by molar-refractivity contribution is 5.85. The van der Waals surface area contributed by atoms with E-state index in [2.05, 4.69) is 9.88 Å². The quantitative estimate of drug-likeness (QED) is 0.539. The molecule has 0 atom stereocenters. The normalized spacial score (nSPS) is 13.4. The van der Waals surface area contributed by atoms with Gasteiger partial charge < -0.3 is 19.3 Å². The van der Waals surface area contributed by atoms with Crippen LogP contribution in [0.2, 0.25) is 0 Å². The van der Waals surface area contributed by atoms with Gasteiger partial charge in [-0.25, -0.2) is 9.37 Å². The number of carbonyl (C=O) groups is 1. The van der Waals surface area contributed by atoms with E-state index < -0.39 is 0 Å². The number of imidazole rings is 1. The first-order valence-corrected chi connectivity index (χ1v) is 10.3. The molecule has 1 saturated heterocycles. The van der Waals surface area contributed by atoms with Crippen molar-refractivity contribution in [1.29, 1.82) is 0 Å². The van der Waals surface area contributed by atoms with Gasteiger partial charge in [0.15, 0.2) is 6.61 Å². The Hall–Kier alpha value is -3.26. The van der Waals surface area contributed by atoms with Crippen molar-refractivity contribution in [1.82, 2.24) is 14.5 Å². The molecule has 9 heteroatoms. The number of para-hydroxylation sites is 1. The van der Waals surface area contributed by atoms with Crippen molar-refractivity contribution in [2.24, 2.45) is 0 Å². The zero-order valence-electron chi connectivity index (χ0n) is 17.8. The first-order chi connectivity index (χ1) is 15.2. The Morgan fingerprint density at radius 2 is 1.66 bits per heavy atom. The third-order valence-corrected chi connectivity index (χ3v) is 5.15. The number of halogens is 2. The lowest BCUT2D eigenvalue weighted by molar-refractivity contribution is -0.133. The molecule has 2 heterocycles. The minimum absolute atomic E-state index is 0. The SMILES string of the molecule is CCOc1ccc(OCC(=O)N2CCN(c3nccn3-c3ccccc3F)CC2)cc1.Cl. The highest BCUT2D eigenvalue weighted by Gasteiger charge is 2.24. The van der Waals surface area contributed by atoms with E-state index in [1.807, 2.05) is 19.1 Å². The van der Waals surface area contributed by atoms with Gasteiger partial charge in [-0.15, -0.1) is 12.4 Å². The predicted molar refractivity (Wildman–Crippen MR) is 123 cm³/mol. The maximum atomic E-state index is 14.2. The fourth-order valence-corrected chi connectivity index (χ4v) is 3.56. The molecule has 1 aliphatic heterocycles. The predicted octanol–water partition coefficient (Wildman–Crippen LogP) is 3.56. The van der Waals surface area contributed by atoms with Gasteiger partial charge in [0, 0.05) is 38.6 Å². The zero-order chi connectivity index (χ0) is 21.6. The van der Waals surface area contributed by atoms with Crippen molar-refractivity contribution < 1.29 is 18.7 Å². The van der Waals surface area contributed by atoms with E-state index in [1.165, 1.54) is 6.07 Å². The van der Waals surface area contributed by atoms with Crippen LogP contribution in [0.15, 0.2) is 60.9 Å². The molecule has 0 N–H and O–H groups in total. The highest BCUT2D eigenvalue weighted by atomic mass is 35.5. The largest absolute Gasteiger partial charge is 0.494 e. The number of rotatable bonds is 7. The second-order valence-electron chi connectivity index (χ2n) is 7.11. The molecule has 170 valence electrons. The van der Waals surface area contributed by atoms with Crippen LogP contribution in [0.25, 0.3) is 5.69 Å². The molecule has 7 nitrogen and oxygen atoms in total. The molecule has 0 unspecified atom stereocenters. The zero-order valence-corrected chi connectivity index (χ0v) is 18.6. The van der Waals surface area contributed by atoms with Gasteiger partial charge in [0.25, 0.3) is 5.91 Å². The van der Waals surface area contributed by atoms with Crippen molar-refractivity contribution in [3.63, 3.8) is 0 Å². The van der Waals surface area contributed by atoms with Crippen LogP contribution >= 0.6 is 12.4 Å². The van der Waals surface area contributed by atoms with Crippen LogP contribution in [-0.4, -0.2) is 59.8 Å². The van der Waals surface area contributed by atoms with E-state index in [0.717, 1.165) is 5.75 Å². The summed E-state index contributed by atoms with van der Waals surface area (Å²) in [4.78, 5) is 20.8. The molecule has 0 spiro atoms. The number of hydrogen-bond acceptors (Lipinski definition) is 5. The van der Waals surface area contributed by atoms with Gasteiger partial charge in [-0.2, -0.15) is 0 Å². The number of piperazine rings is 1. The Kier molecular flexibility index (Phi) is 7.94. The maximum absolute atomic E-state index is 14.2. The molecular weight excluding hydrogens is 435 g/mol. The summed E-state index contributed by atoms with van der Waals surface area (Å²) >= 11 is 0. The lowest BCUT2D eigenvalue weighted by Crippen LogP contribution is -2.50. The monoisotopic (exact) mass is 460 g/mol. The molecule has 0 bridgehead atoms. The van der Waals surface area contributed by atoms with Crippen LogP contribution < -0.4 is 14.4 Å². The van der Waals surface area contributed by atoms with Gasteiger partial charge >= 0.3 is 0 Å². The number of amides is 1. The lowest BCUT2D eigenvalue weighted by Gasteiger charge is -2.35. The molecule has 32 heavy (non-hydrogen) atoms. The van der Waals surface area contributed by atoms with Crippen LogP contribution in [0.1, 0.15) is 6.92 Å². The minimum Gasteiger partial charge on any atom is -0.494 e. The standard InChI is InChI=1S/C23H25FN4O3.ClH/c1-2-30-18-7-9-19(10-8-18)31-17-22(29)26-13-15-27(16-14-26)23-25-11-12-28(23)21-6-4-3-5-20(21)24;/h3-12H,2,13-17H2,1H3;1H. The molecule has 1 fully saturated rings. The summed E-state index contributed by atoms with van der Waals surface area (Å²) in [5.41, 5.74) is 0.456. The summed E-state index contributed by atoms with van der Waals surface area (Å²) in [7, 11) is 0. The lowest BCUT2D eigenvalue weighted by atomic mass is 10.3. The molecule has 1 amide bonds. The Morgan fingerprint density at radius 1 is 1.00 bits per heavy atom. The molecule has 2 aromatic carbocycles. The Labute approximate surface area is 192 Å². The number of ether oxygens (including phenoxy) is 2. The van der Waals surface area contributed by atoms with Crippen molar-refractivity contribution >= 4 is 24.3 Å². The molecule has 1 aliphatic rings. The minimum atomic E-state index is -0.304. The van der Waals surface area contributed by atoms with Crippen molar-refractivity contribution in [2.75, 3.05) is 44.3 Å². The highest BCUT2D eigenvalue weighted by Crippen LogP contribution is 2.22. The molecule has 4 rings (SSSR count). The van der Waals surface area contributed by atoms with Gasteiger partial charge in [0.05, 0.1) is 12.3 Å². The number of nitrogens with zero attached hydrogens (tertiary/aromatic N) is 4. The van der Waals surface area contributed by atoms with E-state index in [-0.39, 0.29) is 30.7 Å². The van der Waals surface area contributed by atoms with Gasteiger partial charge in [0.1, 0.15) is 17.3 Å². The molecule has 1 aromatic heterocycles. The Morgan fingerprint density at radius 3 is 2.31 bits per heavy atom. The van der Waals surface area contributed by atoms with Crippen LogP contribution in [0.4, 0.5) is 10.3 Å². The molecule has 0 saturated carbocycles. The Balaban J connectivity index is 0.00000289. The fourth-order valence-electron chi connectivity index (χ4n) is 3.56. The van der Waals surface area contributed by atoms with Crippen molar-refractivity contribution in [3.8, 4) is 17.2 Å². The van der Waals surface area contributed by atoms with Crippen molar-refractivity contribution in [2.45, 2.75) is 6.92 Å². The van der Waals surface area contributed by atoms with Gasteiger partial charge in [0.2, 0.25) is 5.95 Å². The van der Waals surface area contributed by atoms with Gasteiger partial charge in [-0.3, -0.25) is 9.36 Å². The Bertz CT molecular complexity index is 1020. The van der Waals surface area contributed by atoms with E-state index in [4.69, 9.17) is 9.47 Å². The van der Waals surface area contributed by atoms with Crippen LogP contribution in [0, 0.1) is 5.82 Å². The van der Waals surface area contributed by atoms with E-state index >= 15 is 0 Å². The molecule has 0 aliphatic carbocycles. The fraction of sp³-hybridized carbons (Fsp3) is 0.304. The molecule has 3 aromatic rings. The number of aromatic nitrogens is 2. The van der Waals surface area contributed by atoms with Gasteiger partial charge in [-0.1, -0.05) is 12.1 Å². The smallest absolute Gasteiger partial charge is 0.260 e. The van der Waals surface area contributed by atoms with Crippen LogP contribution in [0.3, 0.4) is 0 Å². The summed E-state index contributed by atoms with van der Waals surface area (Å²) in [6.45, 7) is 4.84. The number of carbonyl (C=O) groups excluding carboxylic acids is 1. The molecule has 0 radical (unpaired) electrons. The summed E-state index contributed by atoms with van der Waals surface area (Å²) in [5, 5.41) is 0. The van der Waals surface area contributed by atoms with Gasteiger partial charge in [-0.05, 0) is 43.3 Å². The average Bonchev–Trinajstić information content (AvgIpc) is 3.29. The van der Waals surface area contributed by atoms with E-state index in [9.17, 15) is 9.18 Å². The van der Waals surface area contributed by atoms with Crippen molar-refractivity contribution in [3.05, 3.63) is 66.7 Å². The van der Waals surface area contributed by atoms with Crippen LogP contribution in [0.5, 0.6) is 11.5 Å². The summed E-state index contributed by atoms with van der Waals surface area (Å²) in [6, 6.07) is 13.8. The summed E-state index contributed by atoms with van der Waals surface area (Å²) < 4.78 is 27.0. The maximum Gasteiger partial charge on any atom is 0.260 e. The number of anilines is 1. The number of benzene rings is 2. The second-order valence-corrected chi connectivity index (χ2v) is 7.11. The van der Waals surface area contributed by atoms with Crippen LogP contribution in [-0.2, 0) is 4.79 Å². The number of hydrogen-bond donors (Lipinski definition) is 0. The average molecular weight is 461 g/mol. The summed E-state index contributed by atoms with van der Waals surface area (Å²) in [6.07, 6.45) is 3.40. The topological polar surface area (TPSA) is 59.8 Å². The summed E-state index contributed by atoms with van der Waals surface area (Å²) in [5.74, 6) is 1.70. The first-order valence-electron chi connectivity index (χ1n) is 10.3. The second kappa shape index (κ2) is 10.9. The van der Waals surface area contributed by atoms with E-state index in [1.54, 1.807) is 52.2 Å². The third-order valence-electron chi connectivity index (χ3n) is 5.15. The van der Waals surface area contributed by atoms with E-state index in [0.29, 0.717) is 50.2 Å². The third kappa shape index (κ3) is 5.31. The first kappa shape index (κ1) is 23.4.